The molecule has 0 aromatic heterocycles. The summed E-state index contributed by atoms with van der Waals surface area (Å²) in [6, 6.07) is 0. The van der Waals surface area contributed by atoms with Crippen LogP contribution in [0.5, 0.6) is 0 Å². The highest BCUT2D eigenvalue weighted by Gasteiger charge is 2.42. The van der Waals surface area contributed by atoms with Gasteiger partial charge in [0.15, 0.2) is 0 Å². The van der Waals surface area contributed by atoms with Crippen molar-refractivity contribution in [3.63, 3.8) is 0 Å². The Morgan fingerprint density at radius 3 is 2.43 bits per heavy atom. The fourth-order valence-corrected chi connectivity index (χ4v) is 2.07. The molecule has 0 aromatic carbocycles. The summed E-state index contributed by atoms with van der Waals surface area (Å²) in [7, 11) is 4.33. The zero-order valence-electron chi connectivity index (χ0n) is 10.3. The van der Waals surface area contributed by atoms with Crippen molar-refractivity contribution < 1.29 is 0 Å². The van der Waals surface area contributed by atoms with E-state index in [2.05, 4.69) is 38.2 Å². The summed E-state index contributed by atoms with van der Waals surface area (Å²) in [4.78, 5) is 2.50. The van der Waals surface area contributed by atoms with Gasteiger partial charge in [-0.1, -0.05) is 13.8 Å². The van der Waals surface area contributed by atoms with E-state index in [4.69, 9.17) is 0 Å². The first kappa shape index (κ1) is 12.0. The molecule has 0 saturated heterocycles. The Hall–Kier alpha value is -0.0800. The van der Waals surface area contributed by atoms with Crippen LogP contribution in [0.25, 0.3) is 0 Å². The Balaban J connectivity index is 2.16. The molecule has 0 atom stereocenters. The lowest BCUT2D eigenvalue weighted by Crippen LogP contribution is -2.33. The van der Waals surface area contributed by atoms with Gasteiger partial charge in [0, 0.05) is 13.1 Å². The summed E-state index contributed by atoms with van der Waals surface area (Å²) >= 11 is 0. The standard InChI is InChI=1S/C12H26N2/c1-11(2)5-8-14(4)10-12(6-7-12)9-13-3/h11,13H,5-10H2,1-4H3. The summed E-state index contributed by atoms with van der Waals surface area (Å²) in [6.07, 6.45) is 4.16. The highest BCUT2D eigenvalue weighted by molar-refractivity contribution is 4.96. The van der Waals surface area contributed by atoms with E-state index in [0.29, 0.717) is 5.41 Å². The molecule has 0 bridgehead atoms. The number of nitrogens with zero attached hydrogens (tertiary/aromatic N) is 1. The molecule has 0 radical (unpaired) electrons. The minimum atomic E-state index is 0.625. The van der Waals surface area contributed by atoms with Gasteiger partial charge < -0.3 is 10.2 Å². The van der Waals surface area contributed by atoms with Crippen molar-refractivity contribution in [1.82, 2.24) is 10.2 Å². The lowest BCUT2D eigenvalue weighted by atomic mass is 10.1. The molecular weight excluding hydrogens is 172 g/mol. The van der Waals surface area contributed by atoms with E-state index < -0.39 is 0 Å². The Morgan fingerprint density at radius 2 is 2.00 bits per heavy atom. The van der Waals surface area contributed by atoms with E-state index in [-0.39, 0.29) is 0 Å². The highest BCUT2D eigenvalue weighted by atomic mass is 15.1. The minimum absolute atomic E-state index is 0.625. The highest BCUT2D eigenvalue weighted by Crippen LogP contribution is 2.45. The van der Waals surface area contributed by atoms with Crippen molar-refractivity contribution in [3.05, 3.63) is 0 Å². The Labute approximate surface area is 89.1 Å². The molecule has 1 aliphatic rings. The smallest absolute Gasteiger partial charge is 0.00471 e. The van der Waals surface area contributed by atoms with Gasteiger partial charge in [-0.05, 0) is 51.2 Å². The summed E-state index contributed by atoms with van der Waals surface area (Å²) in [5.41, 5.74) is 0.625. The molecule has 2 heteroatoms. The molecule has 2 nitrogen and oxygen atoms in total. The second-order valence-corrected chi connectivity index (χ2v) is 5.45. The molecule has 0 spiro atoms. The van der Waals surface area contributed by atoms with Gasteiger partial charge in [0.25, 0.3) is 0 Å². The van der Waals surface area contributed by atoms with Crippen LogP contribution in [0.2, 0.25) is 0 Å². The Kier molecular flexibility index (Phi) is 4.39. The first-order chi connectivity index (χ1) is 6.58. The molecule has 1 saturated carbocycles. The van der Waals surface area contributed by atoms with Crippen molar-refractivity contribution in [2.45, 2.75) is 33.1 Å². The number of hydrogen-bond donors (Lipinski definition) is 1. The fourth-order valence-electron chi connectivity index (χ4n) is 2.07. The first-order valence-electron chi connectivity index (χ1n) is 5.91. The zero-order valence-corrected chi connectivity index (χ0v) is 10.3. The third-order valence-electron chi connectivity index (χ3n) is 3.20. The SMILES string of the molecule is CNCC1(CN(C)CCC(C)C)CC1. The molecule has 0 amide bonds. The van der Waals surface area contributed by atoms with Gasteiger partial charge in [0.2, 0.25) is 0 Å². The van der Waals surface area contributed by atoms with Gasteiger partial charge in [-0.2, -0.15) is 0 Å². The summed E-state index contributed by atoms with van der Waals surface area (Å²) in [5, 5.41) is 3.31. The van der Waals surface area contributed by atoms with Gasteiger partial charge in [-0.15, -0.1) is 0 Å². The third kappa shape index (κ3) is 3.97. The van der Waals surface area contributed by atoms with Crippen LogP contribution in [0.15, 0.2) is 0 Å². The van der Waals surface area contributed by atoms with Crippen LogP contribution >= 0.6 is 0 Å². The average Bonchev–Trinajstić information content (AvgIpc) is 2.82. The summed E-state index contributed by atoms with van der Waals surface area (Å²) in [6.45, 7) is 8.32. The second-order valence-electron chi connectivity index (χ2n) is 5.45. The predicted molar refractivity (Wildman–Crippen MR) is 62.5 cm³/mol. The maximum absolute atomic E-state index is 3.31. The molecular formula is C12H26N2. The van der Waals surface area contributed by atoms with E-state index in [1.807, 2.05) is 0 Å². The van der Waals surface area contributed by atoms with Crippen molar-refractivity contribution in [1.29, 1.82) is 0 Å². The summed E-state index contributed by atoms with van der Waals surface area (Å²) in [5.74, 6) is 0.830. The van der Waals surface area contributed by atoms with E-state index in [0.717, 1.165) is 5.92 Å². The van der Waals surface area contributed by atoms with Crippen LogP contribution in [-0.4, -0.2) is 38.6 Å². The van der Waals surface area contributed by atoms with Crippen LogP contribution in [-0.2, 0) is 0 Å². The monoisotopic (exact) mass is 198 g/mol. The number of rotatable bonds is 7. The fraction of sp³-hybridized carbons (Fsp3) is 1.00. The molecule has 1 N–H and O–H groups in total. The van der Waals surface area contributed by atoms with Gasteiger partial charge in [-0.25, -0.2) is 0 Å². The number of hydrogen-bond acceptors (Lipinski definition) is 2. The second kappa shape index (κ2) is 5.13. The molecule has 1 rings (SSSR count). The van der Waals surface area contributed by atoms with E-state index >= 15 is 0 Å². The lowest BCUT2D eigenvalue weighted by Gasteiger charge is -2.24. The lowest BCUT2D eigenvalue weighted by molar-refractivity contribution is 0.247. The maximum atomic E-state index is 3.31. The molecule has 84 valence electrons. The summed E-state index contributed by atoms with van der Waals surface area (Å²) < 4.78 is 0. The van der Waals surface area contributed by atoms with Gasteiger partial charge >= 0.3 is 0 Å². The first-order valence-corrected chi connectivity index (χ1v) is 5.91. The van der Waals surface area contributed by atoms with Crippen LogP contribution in [0, 0.1) is 11.3 Å². The Bertz CT molecular complexity index is 162. The van der Waals surface area contributed by atoms with Crippen LogP contribution in [0.3, 0.4) is 0 Å². The van der Waals surface area contributed by atoms with Crippen molar-refractivity contribution in [2.75, 3.05) is 33.7 Å². The topological polar surface area (TPSA) is 15.3 Å². The van der Waals surface area contributed by atoms with E-state index in [1.54, 1.807) is 0 Å². The molecule has 1 aliphatic carbocycles. The average molecular weight is 198 g/mol. The Morgan fingerprint density at radius 1 is 1.36 bits per heavy atom. The molecule has 0 heterocycles. The molecule has 0 aliphatic heterocycles. The van der Waals surface area contributed by atoms with Crippen molar-refractivity contribution in [2.24, 2.45) is 11.3 Å². The van der Waals surface area contributed by atoms with E-state index in [9.17, 15) is 0 Å². The normalized spacial score (nSPS) is 19.3. The van der Waals surface area contributed by atoms with Gasteiger partial charge in [-0.3, -0.25) is 0 Å². The van der Waals surface area contributed by atoms with Gasteiger partial charge in [0.05, 0.1) is 0 Å². The van der Waals surface area contributed by atoms with Crippen molar-refractivity contribution >= 4 is 0 Å². The van der Waals surface area contributed by atoms with E-state index in [1.165, 1.54) is 38.9 Å². The minimum Gasteiger partial charge on any atom is -0.319 e. The van der Waals surface area contributed by atoms with Gasteiger partial charge in [0.1, 0.15) is 0 Å². The zero-order chi connectivity index (χ0) is 10.6. The molecule has 1 fully saturated rings. The largest absolute Gasteiger partial charge is 0.319 e. The quantitative estimate of drug-likeness (QED) is 0.673. The molecule has 14 heavy (non-hydrogen) atoms. The van der Waals surface area contributed by atoms with Crippen LogP contribution in [0.4, 0.5) is 0 Å². The van der Waals surface area contributed by atoms with Crippen LogP contribution in [0.1, 0.15) is 33.1 Å². The molecule has 0 aromatic rings. The predicted octanol–water partition coefficient (Wildman–Crippen LogP) is 1.96. The van der Waals surface area contributed by atoms with Crippen LogP contribution < -0.4 is 5.32 Å². The number of nitrogens with one attached hydrogen (secondary N) is 1. The molecule has 0 unspecified atom stereocenters. The third-order valence-corrected chi connectivity index (χ3v) is 3.20. The maximum Gasteiger partial charge on any atom is 0.00471 e. The van der Waals surface area contributed by atoms with Crippen molar-refractivity contribution in [3.8, 4) is 0 Å².